The Bertz CT molecular complexity index is 1360. The summed E-state index contributed by atoms with van der Waals surface area (Å²) in [6.07, 6.45) is 1.19. The molecular formula is C26H28N4O6. The number of ether oxygens (including phenoxy) is 2. The standard InChI is InChI=1S/C26H28N4O6/c1-3-36-25(33)19-10-8-14-28(17-19)23(31)22-24(32)29(16-18-9-7-13-21(15-18)35-2)26(34)30(27-22)20-11-5-4-6-12-20/h4-7,9,11-13,15,19H,3,8,10,14,16-17H2,1-2H3. The monoisotopic (exact) mass is 492 g/mol. The molecule has 2 heterocycles. The number of rotatable bonds is 7. The van der Waals surface area contributed by atoms with Crippen LogP contribution in [0.1, 0.15) is 35.8 Å². The normalized spacial score (nSPS) is 15.4. The molecule has 1 saturated heterocycles. The van der Waals surface area contributed by atoms with Crippen molar-refractivity contribution >= 4 is 11.9 Å². The Kier molecular flexibility index (Phi) is 7.62. The van der Waals surface area contributed by atoms with Gasteiger partial charge in [0.15, 0.2) is 0 Å². The molecule has 1 amide bonds. The van der Waals surface area contributed by atoms with Crippen LogP contribution in [0, 0.1) is 5.92 Å². The van der Waals surface area contributed by atoms with Gasteiger partial charge in [-0.25, -0.2) is 4.79 Å². The van der Waals surface area contributed by atoms with Crippen LogP contribution in [0.4, 0.5) is 0 Å². The number of hydrogen-bond donors (Lipinski definition) is 0. The molecule has 1 atom stereocenters. The number of likely N-dealkylation sites (tertiary alicyclic amines) is 1. The van der Waals surface area contributed by atoms with E-state index < -0.39 is 23.1 Å². The van der Waals surface area contributed by atoms with Crippen LogP contribution in [0.15, 0.2) is 64.2 Å². The Morgan fingerprint density at radius 3 is 2.58 bits per heavy atom. The maximum atomic E-state index is 13.5. The quantitative estimate of drug-likeness (QED) is 0.463. The van der Waals surface area contributed by atoms with Gasteiger partial charge in [0, 0.05) is 13.1 Å². The van der Waals surface area contributed by atoms with Crippen molar-refractivity contribution in [2.45, 2.75) is 26.3 Å². The van der Waals surface area contributed by atoms with Crippen LogP contribution in [-0.2, 0) is 16.1 Å². The molecule has 0 aliphatic carbocycles. The van der Waals surface area contributed by atoms with Gasteiger partial charge in [-0.05, 0) is 49.6 Å². The first-order valence-corrected chi connectivity index (χ1v) is 11.8. The van der Waals surface area contributed by atoms with Crippen molar-refractivity contribution < 1.29 is 19.1 Å². The number of piperidine rings is 1. The van der Waals surface area contributed by atoms with E-state index in [1.54, 1.807) is 61.5 Å². The van der Waals surface area contributed by atoms with Crippen LogP contribution < -0.4 is 16.0 Å². The molecule has 4 rings (SSSR count). The second-order valence-corrected chi connectivity index (χ2v) is 8.46. The minimum absolute atomic E-state index is 0.0735. The molecule has 36 heavy (non-hydrogen) atoms. The van der Waals surface area contributed by atoms with Gasteiger partial charge in [0.1, 0.15) is 5.75 Å². The van der Waals surface area contributed by atoms with Gasteiger partial charge in [0.2, 0.25) is 5.69 Å². The van der Waals surface area contributed by atoms with Crippen LogP contribution in [0.5, 0.6) is 5.75 Å². The van der Waals surface area contributed by atoms with Crippen molar-refractivity contribution in [1.29, 1.82) is 0 Å². The molecule has 1 aliphatic rings. The first-order valence-electron chi connectivity index (χ1n) is 11.8. The van der Waals surface area contributed by atoms with Gasteiger partial charge in [-0.3, -0.25) is 19.0 Å². The van der Waals surface area contributed by atoms with E-state index in [1.807, 2.05) is 0 Å². The second-order valence-electron chi connectivity index (χ2n) is 8.46. The molecule has 1 aliphatic heterocycles. The van der Waals surface area contributed by atoms with Crippen molar-refractivity contribution in [2.24, 2.45) is 5.92 Å². The maximum Gasteiger partial charge on any atom is 0.352 e. The summed E-state index contributed by atoms with van der Waals surface area (Å²) in [5.74, 6) is -0.889. The predicted molar refractivity (Wildman–Crippen MR) is 131 cm³/mol. The number of aromatic nitrogens is 3. The molecule has 10 heteroatoms. The second kappa shape index (κ2) is 11.0. The van der Waals surface area contributed by atoms with E-state index in [0.29, 0.717) is 36.4 Å². The number of amides is 1. The summed E-state index contributed by atoms with van der Waals surface area (Å²) >= 11 is 0. The third kappa shape index (κ3) is 5.22. The van der Waals surface area contributed by atoms with Crippen LogP contribution >= 0.6 is 0 Å². The highest BCUT2D eigenvalue weighted by molar-refractivity contribution is 5.92. The van der Waals surface area contributed by atoms with E-state index in [0.717, 1.165) is 9.25 Å². The number of esters is 1. The van der Waals surface area contributed by atoms with Crippen LogP contribution in [0.3, 0.4) is 0 Å². The summed E-state index contributed by atoms with van der Waals surface area (Å²) in [7, 11) is 1.53. The molecule has 0 spiro atoms. The minimum atomic E-state index is -0.793. The fourth-order valence-corrected chi connectivity index (χ4v) is 4.24. The average molecular weight is 493 g/mol. The molecule has 1 fully saturated rings. The number of methoxy groups -OCH3 is 1. The van der Waals surface area contributed by atoms with Crippen molar-refractivity contribution in [3.63, 3.8) is 0 Å². The van der Waals surface area contributed by atoms with Crippen molar-refractivity contribution in [3.8, 4) is 11.4 Å². The smallest absolute Gasteiger partial charge is 0.352 e. The zero-order chi connectivity index (χ0) is 25.7. The van der Waals surface area contributed by atoms with Gasteiger partial charge in [0.25, 0.3) is 11.5 Å². The van der Waals surface area contributed by atoms with Gasteiger partial charge in [-0.15, -0.1) is 0 Å². The Hall–Kier alpha value is -4.21. The third-order valence-corrected chi connectivity index (χ3v) is 6.07. The molecular weight excluding hydrogens is 464 g/mol. The van der Waals surface area contributed by atoms with E-state index in [-0.39, 0.29) is 31.4 Å². The SMILES string of the molecule is CCOC(=O)C1CCCN(C(=O)c2nn(-c3ccccc3)c(=O)n(Cc3cccc(OC)c3)c2=O)C1. The van der Waals surface area contributed by atoms with E-state index in [9.17, 15) is 19.2 Å². The van der Waals surface area contributed by atoms with E-state index in [2.05, 4.69) is 5.10 Å². The Balaban J connectivity index is 1.77. The van der Waals surface area contributed by atoms with Crippen LogP contribution in [0.2, 0.25) is 0 Å². The summed E-state index contributed by atoms with van der Waals surface area (Å²) < 4.78 is 12.4. The molecule has 188 valence electrons. The average Bonchev–Trinajstić information content (AvgIpc) is 2.91. The highest BCUT2D eigenvalue weighted by Gasteiger charge is 2.32. The Morgan fingerprint density at radius 2 is 1.86 bits per heavy atom. The zero-order valence-electron chi connectivity index (χ0n) is 20.3. The van der Waals surface area contributed by atoms with Gasteiger partial charge in [-0.2, -0.15) is 9.78 Å². The lowest BCUT2D eigenvalue weighted by molar-refractivity contribution is -0.149. The fourth-order valence-electron chi connectivity index (χ4n) is 4.24. The molecule has 0 radical (unpaired) electrons. The molecule has 10 nitrogen and oxygen atoms in total. The molecule has 0 N–H and O–H groups in total. The van der Waals surface area contributed by atoms with E-state index in [4.69, 9.17) is 9.47 Å². The highest BCUT2D eigenvalue weighted by atomic mass is 16.5. The first-order chi connectivity index (χ1) is 17.4. The van der Waals surface area contributed by atoms with Crippen molar-refractivity contribution in [3.05, 3.63) is 86.7 Å². The lowest BCUT2D eigenvalue weighted by Gasteiger charge is -2.31. The Morgan fingerprint density at radius 1 is 1.08 bits per heavy atom. The number of carbonyl (C=O) groups is 2. The summed E-state index contributed by atoms with van der Waals surface area (Å²) in [6, 6.07) is 15.6. The van der Waals surface area contributed by atoms with E-state index in [1.165, 1.54) is 12.0 Å². The largest absolute Gasteiger partial charge is 0.497 e. The van der Waals surface area contributed by atoms with Crippen LogP contribution in [-0.4, -0.2) is 57.9 Å². The van der Waals surface area contributed by atoms with Crippen molar-refractivity contribution in [1.82, 2.24) is 19.2 Å². The topological polar surface area (TPSA) is 113 Å². The van der Waals surface area contributed by atoms with Gasteiger partial charge < -0.3 is 14.4 Å². The van der Waals surface area contributed by atoms with Crippen molar-refractivity contribution in [2.75, 3.05) is 26.8 Å². The number of carbonyl (C=O) groups excluding carboxylic acids is 2. The summed E-state index contributed by atoms with van der Waals surface area (Å²) in [6.45, 7) is 2.40. The summed E-state index contributed by atoms with van der Waals surface area (Å²) in [4.78, 5) is 54.0. The van der Waals surface area contributed by atoms with Crippen LogP contribution in [0.25, 0.3) is 5.69 Å². The van der Waals surface area contributed by atoms with Gasteiger partial charge >= 0.3 is 11.7 Å². The lowest BCUT2D eigenvalue weighted by atomic mass is 9.98. The zero-order valence-corrected chi connectivity index (χ0v) is 20.3. The van der Waals surface area contributed by atoms with Gasteiger partial charge in [-0.1, -0.05) is 30.3 Å². The minimum Gasteiger partial charge on any atom is -0.497 e. The molecule has 3 aromatic rings. The molecule has 0 bridgehead atoms. The molecule has 2 aromatic carbocycles. The molecule has 1 aromatic heterocycles. The molecule has 0 saturated carbocycles. The van der Waals surface area contributed by atoms with Gasteiger partial charge in [0.05, 0.1) is 31.9 Å². The number of nitrogens with zero attached hydrogens (tertiary/aromatic N) is 4. The number of hydrogen-bond acceptors (Lipinski definition) is 7. The maximum absolute atomic E-state index is 13.5. The highest BCUT2D eigenvalue weighted by Crippen LogP contribution is 2.19. The summed E-state index contributed by atoms with van der Waals surface area (Å²) in [5.41, 5.74) is -0.783. The van der Waals surface area contributed by atoms with E-state index >= 15 is 0 Å². The molecule has 1 unspecified atom stereocenters. The third-order valence-electron chi connectivity index (χ3n) is 6.07. The first kappa shape index (κ1) is 24.9. The lowest BCUT2D eigenvalue weighted by Crippen LogP contribution is -2.49. The number of para-hydroxylation sites is 1. The fraction of sp³-hybridized carbons (Fsp3) is 0.346. The summed E-state index contributed by atoms with van der Waals surface area (Å²) in [5, 5.41) is 4.20. The Labute approximate surface area is 207 Å². The number of benzene rings is 2. The predicted octanol–water partition coefficient (Wildman–Crippen LogP) is 1.87.